The zero-order valence-corrected chi connectivity index (χ0v) is 10.1. The Morgan fingerprint density at radius 1 is 1.39 bits per heavy atom. The fraction of sp³-hybridized carbons (Fsp3) is 0.429. The lowest BCUT2D eigenvalue weighted by atomic mass is 9.67. The molecule has 4 nitrogen and oxygen atoms in total. The van der Waals surface area contributed by atoms with E-state index in [4.69, 9.17) is 9.47 Å². The fourth-order valence-electron chi connectivity index (χ4n) is 3.10. The third-order valence-corrected chi connectivity index (χ3v) is 3.99. The monoisotopic (exact) mass is 246 g/mol. The number of para-hydroxylation sites is 1. The van der Waals surface area contributed by atoms with Crippen molar-refractivity contribution in [2.75, 3.05) is 7.11 Å². The minimum atomic E-state index is -0.834. The van der Waals surface area contributed by atoms with Crippen LogP contribution in [0.1, 0.15) is 18.4 Å². The second-order valence-electron chi connectivity index (χ2n) is 4.82. The molecule has 4 heteroatoms. The number of Topliss-reactive ketones (excluding diaryl/α,β-unsaturated/α-hetero) is 1. The maximum Gasteiger partial charge on any atom is 0.139 e. The number of carbonyl (C=O) groups is 2. The first kappa shape index (κ1) is 11.4. The zero-order valence-electron chi connectivity index (χ0n) is 10.1. The van der Waals surface area contributed by atoms with Crippen LogP contribution in [0.15, 0.2) is 24.3 Å². The first-order chi connectivity index (χ1) is 8.72. The molecule has 18 heavy (non-hydrogen) atoms. The number of hydrogen-bond donors (Lipinski definition) is 0. The number of ketones is 1. The van der Waals surface area contributed by atoms with Crippen molar-refractivity contribution in [2.45, 2.75) is 30.5 Å². The maximum atomic E-state index is 11.7. The predicted octanol–water partition coefficient (Wildman–Crippen LogP) is 1.26. The van der Waals surface area contributed by atoms with E-state index in [2.05, 4.69) is 0 Å². The number of fused-ring (bicyclic) bond motifs is 3. The Balaban J connectivity index is 2.17. The van der Waals surface area contributed by atoms with Gasteiger partial charge >= 0.3 is 0 Å². The highest BCUT2D eigenvalue weighted by Gasteiger charge is 2.58. The normalized spacial score (nSPS) is 33.5. The highest BCUT2D eigenvalue weighted by molar-refractivity contribution is 5.87. The number of rotatable bonds is 2. The van der Waals surface area contributed by atoms with Gasteiger partial charge in [-0.2, -0.15) is 0 Å². The largest absolute Gasteiger partial charge is 0.488 e. The Labute approximate surface area is 105 Å². The Hall–Kier alpha value is -1.68. The number of aldehydes is 1. The first-order valence-electron chi connectivity index (χ1n) is 5.99. The number of ether oxygens (including phenoxy) is 2. The number of benzene rings is 1. The summed E-state index contributed by atoms with van der Waals surface area (Å²) in [5.41, 5.74) is 0.00329. The standard InChI is InChI=1S/C14H14O4/c1-17-12-6-9(16)7-13-14(12,8-15)10-4-2-3-5-11(10)18-13/h2-5,8,12-13H,6-7H2,1H3/t12?,13-,14+/m0/s1. The van der Waals surface area contributed by atoms with Crippen LogP contribution in [0.5, 0.6) is 5.75 Å². The zero-order chi connectivity index (χ0) is 12.8. The van der Waals surface area contributed by atoms with Gasteiger partial charge in [0, 0.05) is 25.5 Å². The summed E-state index contributed by atoms with van der Waals surface area (Å²) in [6, 6.07) is 7.44. The second kappa shape index (κ2) is 3.92. The quantitative estimate of drug-likeness (QED) is 0.737. The molecule has 0 spiro atoms. The Bertz CT molecular complexity index is 498. The van der Waals surface area contributed by atoms with E-state index in [1.165, 1.54) is 7.11 Å². The SMILES string of the molecule is COC1CC(=O)C[C@@H]2Oc3ccccc3[C@]12C=O. The van der Waals surface area contributed by atoms with Gasteiger partial charge in [0.1, 0.15) is 29.3 Å². The lowest BCUT2D eigenvalue weighted by Gasteiger charge is -2.38. The van der Waals surface area contributed by atoms with E-state index in [0.29, 0.717) is 5.75 Å². The third kappa shape index (κ3) is 1.29. The number of carbonyl (C=O) groups excluding carboxylic acids is 2. The molecule has 1 aliphatic heterocycles. The van der Waals surface area contributed by atoms with Gasteiger partial charge < -0.3 is 14.3 Å². The van der Waals surface area contributed by atoms with E-state index in [-0.39, 0.29) is 18.6 Å². The van der Waals surface area contributed by atoms with Crippen LogP contribution in [0.3, 0.4) is 0 Å². The van der Waals surface area contributed by atoms with Crippen LogP contribution in [0.25, 0.3) is 0 Å². The third-order valence-electron chi connectivity index (χ3n) is 3.99. The van der Waals surface area contributed by atoms with E-state index in [1.54, 1.807) is 0 Å². The van der Waals surface area contributed by atoms with E-state index >= 15 is 0 Å². The highest BCUT2D eigenvalue weighted by atomic mass is 16.5. The summed E-state index contributed by atoms with van der Waals surface area (Å²) in [5.74, 6) is 0.767. The van der Waals surface area contributed by atoms with Crippen LogP contribution in [0.4, 0.5) is 0 Å². The first-order valence-corrected chi connectivity index (χ1v) is 5.99. The van der Waals surface area contributed by atoms with Gasteiger partial charge in [-0.05, 0) is 6.07 Å². The molecule has 1 saturated carbocycles. The smallest absolute Gasteiger partial charge is 0.139 e. The van der Waals surface area contributed by atoms with Crippen LogP contribution in [0, 0.1) is 0 Å². The van der Waals surface area contributed by atoms with Gasteiger partial charge in [-0.1, -0.05) is 18.2 Å². The van der Waals surface area contributed by atoms with Crippen molar-refractivity contribution in [3.8, 4) is 5.75 Å². The van der Waals surface area contributed by atoms with Gasteiger partial charge in [0.15, 0.2) is 0 Å². The summed E-state index contributed by atoms with van der Waals surface area (Å²) in [7, 11) is 1.53. The molecule has 0 bridgehead atoms. The molecular weight excluding hydrogens is 232 g/mol. The lowest BCUT2D eigenvalue weighted by molar-refractivity contribution is -0.137. The summed E-state index contributed by atoms with van der Waals surface area (Å²) >= 11 is 0. The molecule has 2 aliphatic rings. The Morgan fingerprint density at radius 3 is 2.89 bits per heavy atom. The van der Waals surface area contributed by atoms with Crippen molar-refractivity contribution < 1.29 is 19.1 Å². The van der Waals surface area contributed by atoms with Crippen molar-refractivity contribution in [3.63, 3.8) is 0 Å². The molecule has 0 aromatic heterocycles. The minimum absolute atomic E-state index is 0.0807. The van der Waals surface area contributed by atoms with Gasteiger partial charge in [0.25, 0.3) is 0 Å². The summed E-state index contributed by atoms with van der Waals surface area (Å²) in [6.45, 7) is 0. The van der Waals surface area contributed by atoms with Crippen molar-refractivity contribution >= 4 is 12.1 Å². The van der Waals surface area contributed by atoms with Crippen LogP contribution in [-0.2, 0) is 19.7 Å². The van der Waals surface area contributed by atoms with Crippen molar-refractivity contribution in [2.24, 2.45) is 0 Å². The molecule has 1 aromatic carbocycles. The molecule has 3 atom stereocenters. The van der Waals surface area contributed by atoms with E-state index in [0.717, 1.165) is 11.8 Å². The predicted molar refractivity (Wildman–Crippen MR) is 63.6 cm³/mol. The van der Waals surface area contributed by atoms with E-state index in [9.17, 15) is 9.59 Å². The lowest BCUT2D eigenvalue weighted by Crippen LogP contribution is -2.55. The Kier molecular flexibility index (Phi) is 2.48. The van der Waals surface area contributed by atoms with Gasteiger partial charge in [0.05, 0.1) is 6.10 Å². The van der Waals surface area contributed by atoms with Crippen molar-refractivity contribution in [3.05, 3.63) is 29.8 Å². The average molecular weight is 246 g/mol. The molecule has 1 unspecified atom stereocenters. The van der Waals surface area contributed by atoms with E-state index in [1.807, 2.05) is 24.3 Å². The van der Waals surface area contributed by atoms with E-state index < -0.39 is 17.6 Å². The van der Waals surface area contributed by atoms with Gasteiger partial charge in [0.2, 0.25) is 0 Å². The topological polar surface area (TPSA) is 52.6 Å². The average Bonchev–Trinajstić information content (AvgIpc) is 2.71. The van der Waals surface area contributed by atoms with Crippen LogP contribution in [-0.4, -0.2) is 31.4 Å². The molecule has 0 N–H and O–H groups in total. The molecule has 1 fully saturated rings. The number of hydrogen-bond acceptors (Lipinski definition) is 4. The molecule has 0 amide bonds. The Morgan fingerprint density at radius 2 is 2.17 bits per heavy atom. The molecule has 0 saturated heterocycles. The molecule has 3 rings (SSSR count). The summed E-state index contributed by atoms with van der Waals surface area (Å²) in [6.07, 6.45) is 0.560. The van der Waals surface area contributed by atoms with Gasteiger partial charge in [-0.25, -0.2) is 0 Å². The summed E-state index contributed by atoms with van der Waals surface area (Å²) < 4.78 is 11.2. The molecule has 0 radical (unpaired) electrons. The highest BCUT2D eigenvalue weighted by Crippen LogP contribution is 2.49. The van der Waals surface area contributed by atoms with Crippen LogP contribution in [0.2, 0.25) is 0 Å². The van der Waals surface area contributed by atoms with Crippen molar-refractivity contribution in [1.29, 1.82) is 0 Å². The second-order valence-corrected chi connectivity index (χ2v) is 4.82. The van der Waals surface area contributed by atoms with Gasteiger partial charge in [-0.3, -0.25) is 4.79 Å². The van der Waals surface area contributed by atoms with Crippen molar-refractivity contribution in [1.82, 2.24) is 0 Å². The molecule has 1 aromatic rings. The molecule has 1 aliphatic carbocycles. The minimum Gasteiger partial charge on any atom is -0.488 e. The fourth-order valence-corrected chi connectivity index (χ4v) is 3.10. The van der Waals surface area contributed by atoms with Crippen LogP contribution >= 0.6 is 0 Å². The molecule has 1 heterocycles. The molecule has 94 valence electrons. The molecular formula is C14H14O4. The summed E-state index contributed by atoms with van der Waals surface area (Å²) in [4.78, 5) is 23.4. The number of methoxy groups -OCH3 is 1. The maximum absolute atomic E-state index is 11.7. The summed E-state index contributed by atoms with van der Waals surface area (Å²) in [5, 5.41) is 0. The van der Waals surface area contributed by atoms with Gasteiger partial charge in [-0.15, -0.1) is 0 Å². The van der Waals surface area contributed by atoms with Crippen LogP contribution < -0.4 is 4.74 Å².